The minimum absolute atomic E-state index is 0.0428. The van der Waals surface area contributed by atoms with Gasteiger partial charge in [-0.2, -0.15) is 0 Å². The summed E-state index contributed by atoms with van der Waals surface area (Å²) < 4.78 is 1.87. The Morgan fingerprint density at radius 3 is 2.75 bits per heavy atom. The molecule has 1 saturated heterocycles. The molecule has 1 aliphatic heterocycles. The van der Waals surface area contributed by atoms with E-state index in [2.05, 4.69) is 43.3 Å². The Bertz CT molecular complexity index is 462. The second kappa shape index (κ2) is 5.91. The number of nitrogens with zero attached hydrogens (tertiary/aromatic N) is 4. The molecule has 2 rings (SSSR count). The van der Waals surface area contributed by atoms with Crippen LogP contribution in [-0.2, 0) is 16.9 Å². The maximum absolute atomic E-state index is 11.6. The van der Waals surface area contributed by atoms with E-state index < -0.39 is 0 Å². The minimum atomic E-state index is -0.0428. The maximum Gasteiger partial charge on any atom is 0.222 e. The van der Waals surface area contributed by atoms with Crippen molar-refractivity contribution in [3.63, 3.8) is 0 Å². The second-order valence-corrected chi connectivity index (χ2v) is 6.55. The molecule has 1 amide bonds. The first kappa shape index (κ1) is 15.0. The molecule has 0 aliphatic carbocycles. The highest BCUT2D eigenvalue weighted by molar-refractivity contribution is 5.78. The van der Waals surface area contributed by atoms with Crippen LogP contribution in [0.3, 0.4) is 0 Å². The van der Waals surface area contributed by atoms with Gasteiger partial charge in [-0.3, -0.25) is 4.79 Å². The van der Waals surface area contributed by atoms with Gasteiger partial charge in [-0.15, -0.1) is 5.10 Å². The fourth-order valence-corrected chi connectivity index (χ4v) is 2.28. The number of nitrogens with one attached hydrogen (secondary N) is 1. The maximum atomic E-state index is 11.6. The largest absolute Gasteiger partial charge is 0.341 e. The van der Waals surface area contributed by atoms with E-state index in [1.165, 1.54) is 0 Å². The van der Waals surface area contributed by atoms with Gasteiger partial charge in [0.25, 0.3) is 0 Å². The lowest BCUT2D eigenvalue weighted by molar-refractivity contribution is -0.127. The van der Waals surface area contributed by atoms with Gasteiger partial charge in [0.05, 0.1) is 17.4 Å². The molecular formula is C14H25N5O. The van der Waals surface area contributed by atoms with E-state index in [1.54, 1.807) is 0 Å². The average molecular weight is 279 g/mol. The Morgan fingerprint density at radius 2 is 2.20 bits per heavy atom. The first-order valence-corrected chi connectivity index (χ1v) is 7.29. The van der Waals surface area contributed by atoms with E-state index >= 15 is 0 Å². The molecule has 0 aromatic carbocycles. The van der Waals surface area contributed by atoms with E-state index in [1.807, 2.05) is 15.8 Å². The van der Waals surface area contributed by atoms with E-state index in [-0.39, 0.29) is 17.5 Å². The number of carbonyl (C=O) groups excluding carboxylic acids is 1. The molecule has 1 aliphatic rings. The van der Waals surface area contributed by atoms with Crippen molar-refractivity contribution >= 4 is 5.91 Å². The van der Waals surface area contributed by atoms with E-state index in [0.29, 0.717) is 13.0 Å². The van der Waals surface area contributed by atoms with Crippen molar-refractivity contribution in [2.24, 2.45) is 0 Å². The minimum Gasteiger partial charge on any atom is -0.341 e. The molecule has 1 aromatic heterocycles. The molecule has 0 spiro atoms. The Kier molecular flexibility index (Phi) is 4.42. The highest BCUT2D eigenvalue weighted by Gasteiger charge is 2.21. The van der Waals surface area contributed by atoms with Gasteiger partial charge in [-0.25, -0.2) is 4.68 Å². The van der Waals surface area contributed by atoms with Gasteiger partial charge < -0.3 is 10.2 Å². The fourth-order valence-electron chi connectivity index (χ4n) is 2.28. The van der Waals surface area contributed by atoms with E-state index in [9.17, 15) is 4.79 Å². The highest BCUT2D eigenvalue weighted by atomic mass is 16.2. The van der Waals surface area contributed by atoms with Gasteiger partial charge in [0, 0.05) is 32.1 Å². The van der Waals surface area contributed by atoms with Crippen molar-refractivity contribution in [2.75, 3.05) is 13.1 Å². The molecule has 2 heterocycles. The third-order valence-electron chi connectivity index (χ3n) is 3.53. The number of hydrogen-bond donors (Lipinski definition) is 1. The smallest absolute Gasteiger partial charge is 0.222 e. The van der Waals surface area contributed by atoms with Gasteiger partial charge in [0.1, 0.15) is 0 Å². The zero-order chi connectivity index (χ0) is 14.8. The average Bonchev–Trinajstić information content (AvgIpc) is 2.96. The normalized spacial score (nSPS) is 17.8. The summed E-state index contributed by atoms with van der Waals surface area (Å²) in [6, 6.07) is 0.261. The summed E-state index contributed by atoms with van der Waals surface area (Å²) in [4.78, 5) is 13.5. The lowest BCUT2D eigenvalue weighted by Crippen LogP contribution is -2.39. The van der Waals surface area contributed by atoms with Crippen molar-refractivity contribution < 1.29 is 4.79 Å². The van der Waals surface area contributed by atoms with Crippen molar-refractivity contribution in [3.8, 4) is 0 Å². The summed E-state index contributed by atoms with van der Waals surface area (Å²) in [5, 5.41) is 11.7. The summed E-state index contributed by atoms with van der Waals surface area (Å²) in [6.07, 6.45) is 3.67. The number of hydrogen-bond acceptors (Lipinski definition) is 4. The van der Waals surface area contributed by atoms with Gasteiger partial charge >= 0.3 is 0 Å². The lowest BCUT2D eigenvalue weighted by atomic mass is 10.1. The molecular weight excluding hydrogens is 254 g/mol. The van der Waals surface area contributed by atoms with Crippen molar-refractivity contribution in [3.05, 3.63) is 11.9 Å². The summed E-state index contributed by atoms with van der Waals surface area (Å²) in [7, 11) is 0. The fraction of sp³-hybridized carbons (Fsp3) is 0.786. The van der Waals surface area contributed by atoms with Crippen molar-refractivity contribution in [1.29, 1.82) is 0 Å². The Hall–Kier alpha value is -1.43. The van der Waals surface area contributed by atoms with E-state index in [4.69, 9.17) is 0 Å². The predicted molar refractivity (Wildman–Crippen MR) is 77.1 cm³/mol. The molecule has 0 radical (unpaired) electrons. The number of carbonyl (C=O) groups is 1. The summed E-state index contributed by atoms with van der Waals surface area (Å²) in [5.41, 5.74) is 0.887. The highest BCUT2D eigenvalue weighted by Crippen LogP contribution is 2.12. The van der Waals surface area contributed by atoms with E-state index in [0.717, 1.165) is 25.2 Å². The van der Waals surface area contributed by atoms with Crippen LogP contribution in [0, 0.1) is 0 Å². The molecule has 1 unspecified atom stereocenters. The summed E-state index contributed by atoms with van der Waals surface area (Å²) in [6.45, 7) is 10.7. The molecule has 1 N–H and O–H groups in total. The van der Waals surface area contributed by atoms with Crippen LogP contribution >= 0.6 is 0 Å². The Labute approximate surface area is 120 Å². The molecule has 1 aromatic rings. The first-order valence-electron chi connectivity index (χ1n) is 7.29. The Morgan fingerprint density at radius 1 is 1.45 bits per heavy atom. The van der Waals surface area contributed by atoms with Crippen LogP contribution in [-0.4, -0.2) is 44.9 Å². The number of amides is 1. The monoisotopic (exact) mass is 279 g/mol. The molecule has 0 bridgehead atoms. The van der Waals surface area contributed by atoms with Crippen molar-refractivity contribution in [1.82, 2.24) is 25.2 Å². The van der Waals surface area contributed by atoms with Crippen LogP contribution in [0.15, 0.2) is 6.20 Å². The molecule has 20 heavy (non-hydrogen) atoms. The summed E-state index contributed by atoms with van der Waals surface area (Å²) in [5.74, 6) is 0.275. The van der Waals surface area contributed by atoms with Gasteiger partial charge in [0.2, 0.25) is 5.91 Å². The predicted octanol–water partition coefficient (Wildman–Crippen LogP) is 1.13. The molecule has 1 fully saturated rings. The van der Waals surface area contributed by atoms with Crippen LogP contribution in [0.2, 0.25) is 0 Å². The lowest BCUT2D eigenvalue weighted by Gasteiger charge is -2.21. The van der Waals surface area contributed by atoms with Gasteiger partial charge in [-0.05, 0) is 34.1 Å². The number of likely N-dealkylation sites (tertiary alicyclic amines) is 1. The number of aromatic nitrogens is 3. The first-order chi connectivity index (χ1) is 9.36. The van der Waals surface area contributed by atoms with Crippen LogP contribution in [0.4, 0.5) is 0 Å². The van der Waals surface area contributed by atoms with Crippen LogP contribution in [0.1, 0.15) is 46.2 Å². The zero-order valence-electron chi connectivity index (χ0n) is 12.9. The third-order valence-corrected chi connectivity index (χ3v) is 3.53. The van der Waals surface area contributed by atoms with Gasteiger partial charge in [0.15, 0.2) is 0 Å². The topological polar surface area (TPSA) is 63.1 Å². The standard InChI is InChI=1S/C14H25N5O/c1-11(9-18-7-5-6-13(18)20)15-8-12-10-19(17-16-12)14(2,3)4/h10-11,15H,5-9H2,1-4H3. The molecule has 112 valence electrons. The molecule has 1 atom stereocenters. The molecule has 0 saturated carbocycles. The number of rotatable bonds is 5. The second-order valence-electron chi connectivity index (χ2n) is 6.55. The quantitative estimate of drug-likeness (QED) is 0.878. The zero-order valence-corrected chi connectivity index (χ0v) is 12.9. The van der Waals surface area contributed by atoms with Gasteiger partial charge in [-0.1, -0.05) is 5.21 Å². The van der Waals surface area contributed by atoms with Crippen LogP contribution in [0.5, 0.6) is 0 Å². The van der Waals surface area contributed by atoms with Crippen LogP contribution in [0.25, 0.3) is 0 Å². The molecule has 6 nitrogen and oxygen atoms in total. The SMILES string of the molecule is CC(CN1CCCC1=O)NCc1cn(C(C)(C)C)nn1. The summed E-state index contributed by atoms with van der Waals surface area (Å²) >= 11 is 0. The van der Waals surface area contributed by atoms with Crippen molar-refractivity contribution in [2.45, 2.75) is 58.7 Å². The Balaban J connectivity index is 1.79. The third kappa shape index (κ3) is 3.79. The molecule has 6 heteroatoms. The van der Waals surface area contributed by atoms with Crippen LogP contribution < -0.4 is 5.32 Å².